The van der Waals surface area contributed by atoms with Gasteiger partial charge in [0.1, 0.15) is 18.0 Å². The number of nitrogens with zero attached hydrogens (tertiary/aromatic N) is 1. The van der Waals surface area contributed by atoms with Crippen LogP contribution in [-0.4, -0.2) is 61.8 Å². The SMILES string of the molecule is CCCNC(=O)c1ccccc1NC(=O)CN(c1cc(OC)ccc1OC)S(=O)(=O)c1ccc(OC)c(OC)c1. The number of benzene rings is 3. The maximum absolute atomic E-state index is 14.0. The Morgan fingerprint density at radius 1 is 0.825 bits per heavy atom. The lowest BCUT2D eigenvalue weighted by Gasteiger charge is -2.26. The minimum Gasteiger partial charge on any atom is -0.497 e. The average molecular weight is 572 g/mol. The van der Waals surface area contributed by atoms with Gasteiger partial charge in [-0.15, -0.1) is 0 Å². The van der Waals surface area contributed by atoms with Crippen LogP contribution >= 0.6 is 0 Å². The fourth-order valence-corrected chi connectivity index (χ4v) is 5.28. The third-order valence-electron chi connectivity index (χ3n) is 5.87. The summed E-state index contributed by atoms with van der Waals surface area (Å²) < 4.78 is 50.3. The van der Waals surface area contributed by atoms with E-state index in [1.54, 1.807) is 30.3 Å². The number of nitrogens with one attached hydrogen (secondary N) is 2. The van der Waals surface area contributed by atoms with E-state index >= 15 is 0 Å². The molecule has 0 aliphatic heterocycles. The quantitative estimate of drug-likeness (QED) is 0.318. The molecule has 0 spiro atoms. The number of hydrogen-bond donors (Lipinski definition) is 2. The molecule has 11 nitrogen and oxygen atoms in total. The fourth-order valence-electron chi connectivity index (χ4n) is 3.84. The molecule has 2 N–H and O–H groups in total. The van der Waals surface area contributed by atoms with Gasteiger partial charge in [0.2, 0.25) is 5.91 Å². The van der Waals surface area contributed by atoms with E-state index in [1.807, 2.05) is 6.92 Å². The van der Waals surface area contributed by atoms with Crippen LogP contribution in [0.15, 0.2) is 65.6 Å². The summed E-state index contributed by atoms with van der Waals surface area (Å²) in [5, 5.41) is 5.45. The zero-order valence-electron chi connectivity index (χ0n) is 23.0. The maximum atomic E-state index is 14.0. The Bertz CT molecular complexity index is 1460. The molecule has 0 aliphatic carbocycles. The van der Waals surface area contributed by atoms with Gasteiger partial charge >= 0.3 is 0 Å². The van der Waals surface area contributed by atoms with Crippen LogP contribution in [0, 0.1) is 0 Å². The molecular weight excluding hydrogens is 538 g/mol. The molecule has 12 heteroatoms. The standard InChI is InChI=1S/C28H33N3O8S/c1-6-15-29-28(33)21-9-7-8-10-22(21)30-27(32)18-31(23-16-19(36-2)11-13-24(23)37-3)40(34,35)20-12-14-25(38-4)26(17-20)39-5/h7-14,16-17H,6,15,18H2,1-5H3,(H,29,33)(H,30,32). The summed E-state index contributed by atoms with van der Waals surface area (Å²) in [7, 11) is 1.27. The molecule has 0 radical (unpaired) electrons. The van der Waals surface area contributed by atoms with Crippen LogP contribution < -0.4 is 33.9 Å². The van der Waals surface area contributed by atoms with Gasteiger partial charge in [0.15, 0.2) is 11.5 Å². The molecule has 0 atom stereocenters. The number of anilines is 2. The van der Waals surface area contributed by atoms with Gasteiger partial charge in [-0.3, -0.25) is 13.9 Å². The first-order valence-electron chi connectivity index (χ1n) is 12.3. The van der Waals surface area contributed by atoms with Crippen molar-refractivity contribution in [1.29, 1.82) is 0 Å². The molecular formula is C28H33N3O8S. The van der Waals surface area contributed by atoms with Crippen LogP contribution in [0.3, 0.4) is 0 Å². The van der Waals surface area contributed by atoms with Crippen molar-refractivity contribution in [1.82, 2.24) is 5.32 Å². The lowest BCUT2D eigenvalue weighted by molar-refractivity contribution is -0.114. The Kier molecular flexibility index (Phi) is 10.2. The largest absolute Gasteiger partial charge is 0.497 e. The third-order valence-corrected chi connectivity index (χ3v) is 7.62. The maximum Gasteiger partial charge on any atom is 0.265 e. The van der Waals surface area contributed by atoms with Gasteiger partial charge < -0.3 is 29.6 Å². The first-order valence-corrected chi connectivity index (χ1v) is 13.8. The predicted molar refractivity (Wildman–Crippen MR) is 151 cm³/mol. The molecule has 0 saturated carbocycles. The zero-order chi connectivity index (χ0) is 29.3. The molecule has 0 fully saturated rings. The zero-order valence-corrected chi connectivity index (χ0v) is 23.8. The monoisotopic (exact) mass is 571 g/mol. The van der Waals surface area contributed by atoms with Crippen molar-refractivity contribution in [3.8, 4) is 23.0 Å². The first-order chi connectivity index (χ1) is 19.2. The molecule has 0 bridgehead atoms. The molecule has 0 aromatic heterocycles. The molecule has 0 aliphatic rings. The molecule has 3 aromatic carbocycles. The van der Waals surface area contributed by atoms with E-state index in [1.165, 1.54) is 58.8 Å². The smallest absolute Gasteiger partial charge is 0.265 e. The Morgan fingerprint density at radius 3 is 2.15 bits per heavy atom. The van der Waals surface area contributed by atoms with Crippen molar-refractivity contribution in [2.24, 2.45) is 0 Å². The highest BCUT2D eigenvalue weighted by Gasteiger charge is 2.31. The molecule has 0 saturated heterocycles. The minimum atomic E-state index is -4.37. The molecule has 2 amide bonds. The molecule has 0 heterocycles. The van der Waals surface area contributed by atoms with Crippen LogP contribution in [0.5, 0.6) is 23.0 Å². The number of methoxy groups -OCH3 is 4. The highest BCUT2D eigenvalue weighted by Crippen LogP contribution is 2.37. The van der Waals surface area contributed by atoms with Gasteiger partial charge in [0, 0.05) is 18.7 Å². The number of ether oxygens (including phenoxy) is 4. The van der Waals surface area contributed by atoms with Crippen LogP contribution in [-0.2, 0) is 14.8 Å². The third kappa shape index (κ3) is 6.75. The van der Waals surface area contributed by atoms with Gasteiger partial charge in [0.25, 0.3) is 15.9 Å². The van der Waals surface area contributed by atoms with E-state index in [9.17, 15) is 18.0 Å². The lowest BCUT2D eigenvalue weighted by atomic mass is 10.1. The van der Waals surface area contributed by atoms with Crippen LogP contribution in [0.1, 0.15) is 23.7 Å². The summed E-state index contributed by atoms with van der Waals surface area (Å²) in [5.41, 5.74) is 0.556. The average Bonchev–Trinajstić information content (AvgIpc) is 2.97. The Hall–Kier alpha value is -4.45. The van der Waals surface area contributed by atoms with Crippen molar-refractivity contribution >= 4 is 33.2 Å². The number of hydrogen-bond acceptors (Lipinski definition) is 8. The number of rotatable bonds is 13. The van der Waals surface area contributed by atoms with E-state index in [0.29, 0.717) is 18.0 Å². The van der Waals surface area contributed by atoms with Crippen LogP contribution in [0.2, 0.25) is 0 Å². The molecule has 3 aromatic rings. The Morgan fingerprint density at radius 2 is 1.50 bits per heavy atom. The minimum absolute atomic E-state index is 0.0701. The number of carbonyl (C=O) groups is 2. The predicted octanol–water partition coefficient (Wildman–Crippen LogP) is 3.69. The molecule has 40 heavy (non-hydrogen) atoms. The van der Waals surface area contributed by atoms with Crippen molar-refractivity contribution < 1.29 is 37.0 Å². The van der Waals surface area contributed by atoms with Crippen LogP contribution in [0.4, 0.5) is 11.4 Å². The van der Waals surface area contributed by atoms with Gasteiger partial charge in [-0.1, -0.05) is 19.1 Å². The topological polar surface area (TPSA) is 132 Å². The van der Waals surface area contributed by atoms with Crippen molar-refractivity contribution in [3.05, 3.63) is 66.2 Å². The highest BCUT2D eigenvalue weighted by atomic mass is 32.2. The van der Waals surface area contributed by atoms with Crippen molar-refractivity contribution in [2.45, 2.75) is 18.2 Å². The lowest BCUT2D eigenvalue weighted by Crippen LogP contribution is -2.38. The van der Waals surface area contributed by atoms with E-state index in [-0.39, 0.29) is 39.2 Å². The summed E-state index contributed by atoms with van der Waals surface area (Å²) >= 11 is 0. The van der Waals surface area contributed by atoms with E-state index in [2.05, 4.69) is 10.6 Å². The number of sulfonamides is 1. The number of carbonyl (C=O) groups excluding carboxylic acids is 2. The van der Waals surface area contributed by atoms with Crippen LogP contribution in [0.25, 0.3) is 0 Å². The van der Waals surface area contributed by atoms with Gasteiger partial charge in [-0.2, -0.15) is 0 Å². The normalized spacial score (nSPS) is 10.8. The van der Waals surface area contributed by atoms with Gasteiger partial charge in [-0.25, -0.2) is 8.42 Å². The summed E-state index contributed by atoms with van der Waals surface area (Å²) in [6.07, 6.45) is 0.742. The summed E-state index contributed by atoms with van der Waals surface area (Å²) in [6, 6.07) is 15.2. The number of amides is 2. The van der Waals surface area contributed by atoms with Gasteiger partial charge in [0.05, 0.1) is 50.3 Å². The summed E-state index contributed by atoms with van der Waals surface area (Å²) in [6.45, 7) is 1.74. The van der Waals surface area contributed by atoms with E-state index in [4.69, 9.17) is 18.9 Å². The second-order valence-corrected chi connectivity index (χ2v) is 10.3. The fraction of sp³-hybridized carbons (Fsp3) is 0.286. The Balaban J connectivity index is 2.07. The molecule has 214 valence electrons. The second kappa shape index (κ2) is 13.6. The second-order valence-electron chi connectivity index (χ2n) is 8.42. The van der Waals surface area contributed by atoms with Crippen molar-refractivity contribution in [2.75, 3.05) is 51.2 Å². The van der Waals surface area contributed by atoms with E-state index in [0.717, 1.165) is 10.7 Å². The Labute approximate surface area is 234 Å². The summed E-state index contributed by atoms with van der Waals surface area (Å²) in [5.74, 6) is 0.0191. The van der Waals surface area contributed by atoms with Gasteiger partial charge in [-0.05, 0) is 42.8 Å². The molecule has 3 rings (SSSR count). The first kappa shape index (κ1) is 30.1. The number of para-hydroxylation sites is 1. The summed E-state index contributed by atoms with van der Waals surface area (Å²) in [4.78, 5) is 25.9. The molecule has 0 unspecified atom stereocenters. The highest BCUT2D eigenvalue weighted by molar-refractivity contribution is 7.92. The van der Waals surface area contributed by atoms with E-state index < -0.39 is 22.5 Å². The van der Waals surface area contributed by atoms with Crippen molar-refractivity contribution in [3.63, 3.8) is 0 Å².